The molecule has 1 amide bonds. The van der Waals surface area contributed by atoms with Crippen molar-refractivity contribution in [2.45, 2.75) is 6.10 Å². The number of rotatable bonds is 4. The van der Waals surface area contributed by atoms with Gasteiger partial charge in [0, 0.05) is 18.1 Å². The molecule has 7 nitrogen and oxygen atoms in total. The fraction of sp³-hybridized carbons (Fsp3) is 0.105. The number of hydrogen-bond donors (Lipinski definition) is 1. The third kappa shape index (κ3) is 3.56. The topological polar surface area (TPSA) is 82.6 Å². The van der Waals surface area contributed by atoms with Crippen molar-refractivity contribution in [2.75, 3.05) is 11.9 Å². The molecular formula is C19H15N3O4. The summed E-state index contributed by atoms with van der Waals surface area (Å²) in [5.74, 6) is 1.92. The highest BCUT2D eigenvalue weighted by Crippen LogP contribution is 2.31. The van der Waals surface area contributed by atoms with E-state index in [1.807, 2.05) is 12.1 Å². The van der Waals surface area contributed by atoms with Crippen LogP contribution in [0.25, 0.3) is 0 Å². The highest BCUT2D eigenvalue weighted by Gasteiger charge is 2.27. The van der Waals surface area contributed by atoms with Crippen molar-refractivity contribution >= 4 is 11.6 Å². The van der Waals surface area contributed by atoms with E-state index in [1.165, 1.54) is 6.20 Å². The van der Waals surface area contributed by atoms with Crippen LogP contribution >= 0.6 is 0 Å². The second kappa shape index (κ2) is 7.10. The minimum Gasteiger partial charge on any atom is -0.485 e. The number of benzene rings is 2. The Balaban J connectivity index is 1.37. The third-order valence-corrected chi connectivity index (χ3v) is 3.68. The second-order valence-corrected chi connectivity index (χ2v) is 5.52. The minimum absolute atomic E-state index is 0.163. The van der Waals surface area contributed by atoms with Gasteiger partial charge >= 0.3 is 0 Å². The number of nitrogens with zero attached hydrogens (tertiary/aromatic N) is 2. The van der Waals surface area contributed by atoms with Gasteiger partial charge in [0.1, 0.15) is 12.4 Å². The highest BCUT2D eigenvalue weighted by molar-refractivity contribution is 5.94. The zero-order valence-corrected chi connectivity index (χ0v) is 13.7. The normalized spacial score (nSPS) is 15.2. The summed E-state index contributed by atoms with van der Waals surface area (Å²) in [5.41, 5.74) is 0.629. The first kappa shape index (κ1) is 15.9. The minimum atomic E-state index is -0.708. The molecule has 1 aliphatic heterocycles. The molecule has 0 fully saturated rings. The Hall–Kier alpha value is -3.61. The molecule has 0 aliphatic carbocycles. The molecule has 0 unspecified atom stereocenters. The van der Waals surface area contributed by atoms with Gasteiger partial charge in [0.05, 0.1) is 6.20 Å². The second-order valence-electron chi connectivity index (χ2n) is 5.52. The van der Waals surface area contributed by atoms with E-state index in [1.54, 1.807) is 48.8 Å². The van der Waals surface area contributed by atoms with Crippen molar-refractivity contribution in [3.63, 3.8) is 0 Å². The molecule has 1 N–H and O–H groups in total. The lowest BCUT2D eigenvalue weighted by Gasteiger charge is -2.25. The van der Waals surface area contributed by atoms with Gasteiger partial charge in [-0.3, -0.25) is 9.78 Å². The van der Waals surface area contributed by atoms with Gasteiger partial charge in [-0.25, -0.2) is 4.98 Å². The maximum absolute atomic E-state index is 12.4. The van der Waals surface area contributed by atoms with E-state index in [2.05, 4.69) is 15.3 Å². The van der Waals surface area contributed by atoms with E-state index < -0.39 is 6.10 Å². The molecule has 0 saturated heterocycles. The number of hydrogen-bond acceptors (Lipinski definition) is 6. The summed E-state index contributed by atoms with van der Waals surface area (Å²) in [6, 6.07) is 14.2. The molecule has 1 aliphatic rings. The van der Waals surface area contributed by atoms with Crippen molar-refractivity contribution in [3.05, 3.63) is 67.1 Å². The van der Waals surface area contributed by atoms with Gasteiger partial charge in [-0.15, -0.1) is 0 Å². The maximum Gasteiger partial charge on any atom is 0.269 e. The Labute approximate surface area is 149 Å². The first-order valence-corrected chi connectivity index (χ1v) is 8.01. The van der Waals surface area contributed by atoms with Crippen LogP contribution in [0.15, 0.2) is 67.1 Å². The van der Waals surface area contributed by atoms with Gasteiger partial charge < -0.3 is 19.5 Å². The highest BCUT2D eigenvalue weighted by atomic mass is 16.6. The lowest BCUT2D eigenvalue weighted by Crippen LogP contribution is -2.40. The van der Waals surface area contributed by atoms with E-state index >= 15 is 0 Å². The average Bonchev–Trinajstić information content (AvgIpc) is 2.70. The summed E-state index contributed by atoms with van der Waals surface area (Å²) < 4.78 is 16.8. The van der Waals surface area contributed by atoms with Gasteiger partial charge in [0.15, 0.2) is 11.5 Å². The Bertz CT molecular complexity index is 900. The van der Waals surface area contributed by atoms with Crippen LogP contribution in [0.2, 0.25) is 0 Å². The van der Waals surface area contributed by atoms with E-state index in [-0.39, 0.29) is 12.5 Å². The van der Waals surface area contributed by atoms with Crippen molar-refractivity contribution < 1.29 is 19.0 Å². The predicted molar refractivity (Wildman–Crippen MR) is 93.5 cm³/mol. The zero-order chi connectivity index (χ0) is 17.8. The molecule has 0 bridgehead atoms. The summed E-state index contributed by atoms with van der Waals surface area (Å²) in [7, 11) is 0. The zero-order valence-electron chi connectivity index (χ0n) is 13.7. The number of nitrogens with one attached hydrogen (secondary N) is 1. The quantitative estimate of drug-likeness (QED) is 0.779. The standard InChI is InChI=1S/C19H15N3O4/c23-19(17-12-24-15-3-1-2-4-16(15)26-17)22-13-5-7-14(8-6-13)25-18-11-20-9-10-21-18/h1-11,17H,12H2,(H,22,23)/t17-/m1/s1. The van der Waals surface area contributed by atoms with Crippen LogP contribution in [0.1, 0.15) is 0 Å². The number of para-hydroxylation sites is 2. The van der Waals surface area contributed by atoms with Crippen molar-refractivity contribution in [1.82, 2.24) is 9.97 Å². The summed E-state index contributed by atoms with van der Waals surface area (Å²) >= 11 is 0. The van der Waals surface area contributed by atoms with E-state index in [0.717, 1.165) is 0 Å². The summed E-state index contributed by atoms with van der Waals surface area (Å²) in [6.45, 7) is 0.163. The molecule has 4 rings (SSSR count). The van der Waals surface area contributed by atoms with Gasteiger partial charge in [0.2, 0.25) is 12.0 Å². The first-order chi connectivity index (χ1) is 12.8. The molecule has 0 radical (unpaired) electrons. The summed E-state index contributed by atoms with van der Waals surface area (Å²) in [4.78, 5) is 20.4. The Morgan fingerprint density at radius 2 is 1.88 bits per heavy atom. The van der Waals surface area contributed by atoms with Gasteiger partial charge in [-0.1, -0.05) is 12.1 Å². The Morgan fingerprint density at radius 1 is 1.08 bits per heavy atom. The number of fused-ring (bicyclic) bond motifs is 1. The molecule has 2 heterocycles. The monoisotopic (exact) mass is 349 g/mol. The lowest BCUT2D eigenvalue weighted by molar-refractivity contribution is -0.125. The van der Waals surface area contributed by atoms with Crippen molar-refractivity contribution in [1.29, 1.82) is 0 Å². The molecule has 3 aromatic rings. The van der Waals surface area contributed by atoms with Crippen LogP contribution in [-0.2, 0) is 4.79 Å². The number of anilines is 1. The van der Waals surface area contributed by atoms with Crippen LogP contribution in [0.5, 0.6) is 23.1 Å². The summed E-state index contributed by atoms with van der Waals surface area (Å²) in [6.07, 6.45) is 3.93. The van der Waals surface area contributed by atoms with Crippen LogP contribution in [-0.4, -0.2) is 28.6 Å². The number of aromatic nitrogens is 2. The third-order valence-electron chi connectivity index (χ3n) is 3.68. The van der Waals surface area contributed by atoms with Crippen molar-refractivity contribution in [3.8, 4) is 23.1 Å². The lowest BCUT2D eigenvalue weighted by atomic mass is 10.2. The van der Waals surface area contributed by atoms with E-state index in [0.29, 0.717) is 28.8 Å². The first-order valence-electron chi connectivity index (χ1n) is 8.01. The van der Waals surface area contributed by atoms with Crippen LogP contribution in [0, 0.1) is 0 Å². The molecule has 1 aromatic heterocycles. The molecular weight excluding hydrogens is 334 g/mol. The molecule has 2 aromatic carbocycles. The SMILES string of the molecule is O=C(Nc1ccc(Oc2cnccn2)cc1)[C@H]1COc2ccccc2O1. The Kier molecular flexibility index (Phi) is 4.34. The van der Waals surface area contributed by atoms with Crippen LogP contribution in [0.4, 0.5) is 5.69 Å². The number of ether oxygens (including phenoxy) is 3. The largest absolute Gasteiger partial charge is 0.485 e. The molecule has 0 saturated carbocycles. The molecule has 26 heavy (non-hydrogen) atoms. The van der Waals surface area contributed by atoms with Crippen LogP contribution in [0.3, 0.4) is 0 Å². The van der Waals surface area contributed by atoms with Gasteiger partial charge in [-0.2, -0.15) is 0 Å². The van der Waals surface area contributed by atoms with E-state index in [4.69, 9.17) is 14.2 Å². The fourth-order valence-corrected chi connectivity index (χ4v) is 2.44. The smallest absolute Gasteiger partial charge is 0.269 e. The van der Waals surface area contributed by atoms with Gasteiger partial charge in [-0.05, 0) is 36.4 Å². The van der Waals surface area contributed by atoms with Gasteiger partial charge in [0.25, 0.3) is 5.91 Å². The maximum atomic E-state index is 12.4. The predicted octanol–water partition coefficient (Wildman–Crippen LogP) is 3.05. The van der Waals surface area contributed by atoms with Crippen LogP contribution < -0.4 is 19.5 Å². The Morgan fingerprint density at radius 3 is 2.65 bits per heavy atom. The number of carbonyl (C=O) groups excluding carboxylic acids is 1. The fourth-order valence-electron chi connectivity index (χ4n) is 2.44. The molecule has 130 valence electrons. The molecule has 0 spiro atoms. The summed E-state index contributed by atoms with van der Waals surface area (Å²) in [5, 5.41) is 2.81. The van der Waals surface area contributed by atoms with Crippen molar-refractivity contribution in [2.24, 2.45) is 0 Å². The average molecular weight is 349 g/mol. The molecule has 1 atom stereocenters. The van der Waals surface area contributed by atoms with E-state index in [9.17, 15) is 4.79 Å². The number of carbonyl (C=O) groups is 1. The number of amides is 1. The molecule has 7 heteroatoms.